The van der Waals surface area contributed by atoms with Gasteiger partial charge < -0.3 is 4.57 Å². The number of hydrogen-bond acceptors (Lipinski definition) is 4. The topological polar surface area (TPSA) is 43.6 Å². The van der Waals surface area contributed by atoms with Crippen LogP contribution in [0, 0.1) is 0 Å². The molecule has 5 heteroatoms. The first-order valence-electron chi connectivity index (χ1n) is 7.76. The minimum absolute atomic E-state index is 0.694. The van der Waals surface area contributed by atoms with Crippen LogP contribution < -0.4 is 0 Å². The second-order valence-electron chi connectivity index (χ2n) is 5.46. The number of nitrogens with zero attached hydrogens (tertiary/aromatic N) is 4. The number of para-hydroxylation sites is 1. The van der Waals surface area contributed by atoms with Crippen LogP contribution in [0.5, 0.6) is 0 Å². The summed E-state index contributed by atoms with van der Waals surface area (Å²) in [6, 6.07) is 18.5. The molecule has 0 N–H and O–H groups in total. The average Bonchev–Trinajstić information content (AvgIpc) is 2.95. The standard InChI is InChI=1S/C19H16N4S/c1-2-12-23-16-11-7-6-10-15(16)17-18(23)20-19(22-21-17)24-13-14-8-4-3-5-9-14/h2-11H,1,12-13H2. The molecule has 0 atom stereocenters. The third kappa shape index (κ3) is 2.67. The van der Waals surface area contributed by atoms with E-state index in [0.29, 0.717) is 11.7 Å². The van der Waals surface area contributed by atoms with Gasteiger partial charge in [-0.15, -0.1) is 16.8 Å². The zero-order valence-corrected chi connectivity index (χ0v) is 13.9. The van der Waals surface area contributed by atoms with Gasteiger partial charge in [-0.3, -0.25) is 0 Å². The monoisotopic (exact) mass is 332 g/mol. The van der Waals surface area contributed by atoms with E-state index in [0.717, 1.165) is 27.8 Å². The molecule has 0 saturated heterocycles. The number of allylic oxidation sites excluding steroid dienone is 1. The molecular formula is C19H16N4S. The molecule has 0 aliphatic heterocycles. The van der Waals surface area contributed by atoms with Crippen LogP contribution in [0.3, 0.4) is 0 Å². The van der Waals surface area contributed by atoms with Crippen molar-refractivity contribution in [2.24, 2.45) is 0 Å². The molecule has 118 valence electrons. The van der Waals surface area contributed by atoms with Gasteiger partial charge in [0.15, 0.2) is 5.65 Å². The van der Waals surface area contributed by atoms with Crippen LogP contribution >= 0.6 is 11.8 Å². The van der Waals surface area contributed by atoms with Crippen LogP contribution in [0.15, 0.2) is 72.4 Å². The SMILES string of the molecule is C=CCn1c2ccccc2c2nnc(SCc3ccccc3)nc21. The molecule has 0 amide bonds. The van der Waals surface area contributed by atoms with Gasteiger partial charge in [0.2, 0.25) is 5.16 Å². The molecule has 0 unspecified atom stereocenters. The summed E-state index contributed by atoms with van der Waals surface area (Å²) in [6.45, 7) is 4.56. The fraction of sp³-hybridized carbons (Fsp3) is 0.105. The van der Waals surface area contributed by atoms with Crippen molar-refractivity contribution in [2.45, 2.75) is 17.5 Å². The Morgan fingerprint density at radius 3 is 2.62 bits per heavy atom. The van der Waals surface area contributed by atoms with Crippen molar-refractivity contribution < 1.29 is 0 Å². The Morgan fingerprint density at radius 1 is 1.00 bits per heavy atom. The Bertz CT molecular complexity index is 1010. The van der Waals surface area contributed by atoms with E-state index in [-0.39, 0.29) is 0 Å². The largest absolute Gasteiger partial charge is 0.320 e. The third-order valence-corrected chi connectivity index (χ3v) is 4.79. The molecule has 2 aromatic carbocycles. The van der Waals surface area contributed by atoms with Gasteiger partial charge in [-0.05, 0) is 11.6 Å². The van der Waals surface area contributed by atoms with Gasteiger partial charge in [-0.1, -0.05) is 66.4 Å². The number of benzene rings is 2. The molecule has 0 aliphatic rings. The summed E-state index contributed by atoms with van der Waals surface area (Å²) in [6.07, 6.45) is 1.88. The maximum absolute atomic E-state index is 4.75. The van der Waals surface area contributed by atoms with E-state index in [4.69, 9.17) is 4.98 Å². The van der Waals surface area contributed by atoms with Crippen molar-refractivity contribution in [2.75, 3.05) is 0 Å². The molecular weight excluding hydrogens is 316 g/mol. The van der Waals surface area contributed by atoms with Crippen LogP contribution in [0.25, 0.3) is 22.1 Å². The normalized spacial score (nSPS) is 11.2. The van der Waals surface area contributed by atoms with E-state index < -0.39 is 0 Å². The first kappa shape index (κ1) is 14.9. The summed E-state index contributed by atoms with van der Waals surface area (Å²) in [4.78, 5) is 4.75. The lowest BCUT2D eigenvalue weighted by atomic mass is 10.2. The Morgan fingerprint density at radius 2 is 1.79 bits per heavy atom. The summed E-state index contributed by atoms with van der Waals surface area (Å²) in [5, 5.41) is 10.5. The van der Waals surface area contributed by atoms with Crippen molar-refractivity contribution in [3.8, 4) is 0 Å². The lowest BCUT2D eigenvalue weighted by Crippen LogP contribution is -1.99. The highest BCUT2D eigenvalue weighted by molar-refractivity contribution is 7.98. The molecule has 0 saturated carbocycles. The van der Waals surface area contributed by atoms with Crippen molar-refractivity contribution in [1.82, 2.24) is 19.7 Å². The second kappa shape index (κ2) is 6.45. The predicted molar refractivity (Wildman–Crippen MR) is 99.0 cm³/mol. The van der Waals surface area contributed by atoms with Crippen LogP contribution in [0.1, 0.15) is 5.56 Å². The molecule has 4 nitrogen and oxygen atoms in total. The molecule has 0 bridgehead atoms. The van der Waals surface area contributed by atoms with Crippen LogP contribution in [0.4, 0.5) is 0 Å². The smallest absolute Gasteiger partial charge is 0.211 e. The lowest BCUT2D eigenvalue weighted by molar-refractivity contribution is 0.828. The molecule has 2 aromatic heterocycles. The summed E-state index contributed by atoms with van der Waals surface area (Å²) < 4.78 is 2.14. The first-order chi connectivity index (χ1) is 11.9. The molecule has 4 rings (SSSR count). The Labute approximate surface area is 144 Å². The van der Waals surface area contributed by atoms with Crippen molar-refractivity contribution >= 4 is 33.8 Å². The van der Waals surface area contributed by atoms with E-state index in [2.05, 4.69) is 45.6 Å². The van der Waals surface area contributed by atoms with E-state index >= 15 is 0 Å². The average molecular weight is 332 g/mol. The second-order valence-corrected chi connectivity index (χ2v) is 6.40. The van der Waals surface area contributed by atoms with Gasteiger partial charge in [0.05, 0.1) is 5.52 Å². The van der Waals surface area contributed by atoms with Gasteiger partial charge in [-0.2, -0.15) is 0 Å². The maximum atomic E-state index is 4.75. The van der Waals surface area contributed by atoms with E-state index in [1.807, 2.05) is 36.4 Å². The molecule has 24 heavy (non-hydrogen) atoms. The Hall–Kier alpha value is -2.66. The number of rotatable bonds is 5. The number of hydrogen-bond donors (Lipinski definition) is 0. The molecule has 0 radical (unpaired) electrons. The first-order valence-corrected chi connectivity index (χ1v) is 8.74. The van der Waals surface area contributed by atoms with Crippen LogP contribution in [-0.4, -0.2) is 19.7 Å². The highest BCUT2D eigenvalue weighted by Gasteiger charge is 2.13. The molecule has 2 heterocycles. The number of fused-ring (bicyclic) bond motifs is 3. The van der Waals surface area contributed by atoms with E-state index in [1.165, 1.54) is 5.56 Å². The van der Waals surface area contributed by atoms with Crippen molar-refractivity contribution in [3.63, 3.8) is 0 Å². The minimum Gasteiger partial charge on any atom is -0.320 e. The van der Waals surface area contributed by atoms with E-state index in [9.17, 15) is 0 Å². The van der Waals surface area contributed by atoms with Crippen LogP contribution in [-0.2, 0) is 12.3 Å². The fourth-order valence-corrected chi connectivity index (χ4v) is 3.52. The molecule has 4 aromatic rings. The molecule has 0 fully saturated rings. The van der Waals surface area contributed by atoms with Crippen molar-refractivity contribution in [1.29, 1.82) is 0 Å². The quantitative estimate of drug-likeness (QED) is 0.400. The Balaban J connectivity index is 1.75. The fourth-order valence-electron chi connectivity index (χ4n) is 2.79. The van der Waals surface area contributed by atoms with E-state index in [1.54, 1.807) is 11.8 Å². The highest BCUT2D eigenvalue weighted by atomic mass is 32.2. The maximum Gasteiger partial charge on any atom is 0.211 e. The Kier molecular flexibility index (Phi) is 4.01. The van der Waals surface area contributed by atoms with Crippen LogP contribution in [0.2, 0.25) is 0 Å². The van der Waals surface area contributed by atoms with Gasteiger partial charge >= 0.3 is 0 Å². The zero-order valence-electron chi connectivity index (χ0n) is 13.1. The van der Waals surface area contributed by atoms with Gasteiger partial charge in [0, 0.05) is 17.7 Å². The van der Waals surface area contributed by atoms with Gasteiger partial charge in [0.1, 0.15) is 5.52 Å². The summed E-state index contributed by atoms with van der Waals surface area (Å²) >= 11 is 1.60. The third-order valence-electron chi connectivity index (χ3n) is 3.88. The zero-order chi connectivity index (χ0) is 16.4. The van der Waals surface area contributed by atoms with Gasteiger partial charge in [0.25, 0.3) is 0 Å². The molecule has 0 aliphatic carbocycles. The minimum atomic E-state index is 0.694. The number of aromatic nitrogens is 4. The van der Waals surface area contributed by atoms with Gasteiger partial charge in [-0.25, -0.2) is 4.98 Å². The molecule has 0 spiro atoms. The summed E-state index contributed by atoms with van der Waals surface area (Å²) in [7, 11) is 0. The number of thioether (sulfide) groups is 1. The summed E-state index contributed by atoms with van der Waals surface area (Å²) in [5.74, 6) is 0.829. The lowest BCUT2D eigenvalue weighted by Gasteiger charge is -2.03. The summed E-state index contributed by atoms with van der Waals surface area (Å²) in [5.41, 5.74) is 4.07. The highest BCUT2D eigenvalue weighted by Crippen LogP contribution is 2.27. The predicted octanol–water partition coefficient (Wildman–Crippen LogP) is 4.46. The van der Waals surface area contributed by atoms with Crippen molar-refractivity contribution in [3.05, 3.63) is 72.8 Å².